The Labute approximate surface area is 211 Å². The molecule has 0 aromatic carbocycles. The summed E-state index contributed by atoms with van der Waals surface area (Å²) in [4.78, 5) is 11.5. The summed E-state index contributed by atoms with van der Waals surface area (Å²) >= 11 is 0. The maximum absolute atomic E-state index is 6.51. The van der Waals surface area contributed by atoms with Crippen molar-refractivity contribution in [2.24, 2.45) is 0 Å². The molecule has 0 radical (unpaired) electrons. The number of aromatic nitrogens is 4. The number of hydrogen-bond donors (Lipinski definition) is 1. The number of rotatable bonds is 7. The van der Waals surface area contributed by atoms with E-state index in [4.69, 9.17) is 19.3 Å². The van der Waals surface area contributed by atoms with Gasteiger partial charge < -0.3 is 24.4 Å². The Bertz CT molecular complexity index is 1180. The van der Waals surface area contributed by atoms with E-state index in [1.165, 1.54) is 12.8 Å². The molecule has 1 N–H and O–H groups in total. The third-order valence-electron chi connectivity index (χ3n) is 7.00. The first-order chi connectivity index (χ1) is 17.6. The van der Waals surface area contributed by atoms with Crippen LogP contribution in [0.5, 0.6) is 11.5 Å². The normalized spacial score (nSPS) is 23.0. The molecular weight excluding hydrogens is 456 g/mol. The van der Waals surface area contributed by atoms with E-state index in [1.54, 1.807) is 6.20 Å². The van der Waals surface area contributed by atoms with Crippen LogP contribution in [0.1, 0.15) is 57.2 Å². The second-order valence-electron chi connectivity index (χ2n) is 10.1. The lowest BCUT2D eigenvalue weighted by Gasteiger charge is -2.36. The van der Waals surface area contributed by atoms with Crippen molar-refractivity contribution >= 4 is 17.3 Å². The first kappa shape index (κ1) is 23.2. The van der Waals surface area contributed by atoms with Crippen LogP contribution in [0.3, 0.4) is 0 Å². The first-order valence-electron chi connectivity index (χ1n) is 13.1. The predicted octanol–water partition coefficient (Wildman–Crippen LogP) is 5.05. The van der Waals surface area contributed by atoms with Crippen LogP contribution in [-0.4, -0.2) is 58.3 Å². The van der Waals surface area contributed by atoms with Gasteiger partial charge in [-0.15, -0.1) is 0 Å². The SMILES string of the molecule is C[C@@H]1CN(c2cc(Nc3ncccc3Oc3cn(C4CC4)nc3C3CCOCC3)ccn2)C[C@H](C)O1. The molecule has 5 heterocycles. The topological polar surface area (TPSA) is 86.6 Å². The van der Waals surface area contributed by atoms with Crippen LogP contribution in [0.15, 0.2) is 42.9 Å². The van der Waals surface area contributed by atoms with Crippen molar-refractivity contribution in [1.82, 2.24) is 19.7 Å². The van der Waals surface area contributed by atoms with Crippen molar-refractivity contribution in [2.75, 3.05) is 36.5 Å². The number of morpholine rings is 1. The Morgan fingerprint density at radius 3 is 2.56 bits per heavy atom. The number of anilines is 3. The molecule has 6 rings (SSSR count). The van der Waals surface area contributed by atoms with E-state index in [0.717, 1.165) is 62.1 Å². The highest BCUT2D eigenvalue weighted by molar-refractivity contribution is 5.65. The summed E-state index contributed by atoms with van der Waals surface area (Å²) in [6.45, 7) is 7.37. The van der Waals surface area contributed by atoms with E-state index < -0.39 is 0 Å². The fraction of sp³-hybridized carbons (Fsp3) is 0.519. The molecule has 190 valence electrons. The standard InChI is InChI=1S/C27H34N6O3/c1-18-15-32(16-19(2)35-18)25-14-21(7-11-28-25)30-27-23(4-3-10-29-27)36-24-17-33(22-5-6-22)31-26(24)20-8-12-34-13-9-20/h3-4,7,10-11,14,17-20,22H,5-6,8-9,12-13,15-16H2,1-2H3,(H,28,29,30)/t18-,19+. The molecule has 36 heavy (non-hydrogen) atoms. The lowest BCUT2D eigenvalue weighted by molar-refractivity contribution is -0.00545. The molecule has 3 fully saturated rings. The highest BCUT2D eigenvalue weighted by Crippen LogP contribution is 2.41. The van der Waals surface area contributed by atoms with Gasteiger partial charge in [-0.3, -0.25) is 4.68 Å². The van der Waals surface area contributed by atoms with Gasteiger partial charge in [0, 0.05) is 56.4 Å². The summed E-state index contributed by atoms with van der Waals surface area (Å²) in [5, 5.41) is 8.41. The number of nitrogens with zero attached hydrogens (tertiary/aromatic N) is 5. The Kier molecular flexibility index (Phi) is 6.50. The monoisotopic (exact) mass is 490 g/mol. The van der Waals surface area contributed by atoms with Crippen LogP contribution in [-0.2, 0) is 9.47 Å². The average molecular weight is 491 g/mol. The van der Waals surface area contributed by atoms with Crippen LogP contribution < -0.4 is 15.0 Å². The number of ether oxygens (including phenoxy) is 3. The lowest BCUT2D eigenvalue weighted by Crippen LogP contribution is -2.45. The average Bonchev–Trinajstić information content (AvgIpc) is 3.65. The van der Waals surface area contributed by atoms with Crippen molar-refractivity contribution in [1.29, 1.82) is 0 Å². The summed E-state index contributed by atoms with van der Waals surface area (Å²) in [5.74, 6) is 3.43. The van der Waals surface area contributed by atoms with Crippen molar-refractivity contribution < 1.29 is 14.2 Å². The van der Waals surface area contributed by atoms with Gasteiger partial charge in [-0.05, 0) is 57.7 Å². The molecule has 3 aromatic heterocycles. The van der Waals surface area contributed by atoms with Gasteiger partial charge in [0.2, 0.25) is 0 Å². The van der Waals surface area contributed by atoms with E-state index in [2.05, 4.69) is 51.0 Å². The molecule has 9 nitrogen and oxygen atoms in total. The van der Waals surface area contributed by atoms with Gasteiger partial charge in [-0.25, -0.2) is 9.97 Å². The Morgan fingerprint density at radius 1 is 0.972 bits per heavy atom. The van der Waals surface area contributed by atoms with Gasteiger partial charge in [-0.1, -0.05) is 0 Å². The fourth-order valence-electron chi connectivity index (χ4n) is 5.10. The maximum atomic E-state index is 6.51. The molecule has 0 spiro atoms. The van der Waals surface area contributed by atoms with E-state index in [0.29, 0.717) is 23.5 Å². The third-order valence-corrected chi connectivity index (χ3v) is 7.00. The second kappa shape index (κ2) is 10.1. The Morgan fingerprint density at radius 2 is 1.78 bits per heavy atom. The summed E-state index contributed by atoms with van der Waals surface area (Å²) in [5.41, 5.74) is 1.94. The smallest absolute Gasteiger partial charge is 0.173 e. The second-order valence-corrected chi connectivity index (χ2v) is 10.1. The summed E-state index contributed by atoms with van der Waals surface area (Å²) in [6, 6.07) is 8.35. The zero-order valence-electron chi connectivity index (χ0n) is 21.0. The summed E-state index contributed by atoms with van der Waals surface area (Å²) < 4.78 is 20.1. The first-order valence-corrected chi connectivity index (χ1v) is 13.1. The lowest BCUT2D eigenvalue weighted by atomic mass is 9.96. The molecule has 3 aromatic rings. The molecule has 0 bridgehead atoms. The largest absolute Gasteiger partial charge is 0.450 e. The minimum absolute atomic E-state index is 0.171. The molecule has 1 saturated carbocycles. The molecule has 2 aliphatic heterocycles. The maximum Gasteiger partial charge on any atom is 0.173 e. The van der Waals surface area contributed by atoms with Crippen molar-refractivity contribution in [3.63, 3.8) is 0 Å². The van der Waals surface area contributed by atoms with Crippen molar-refractivity contribution in [2.45, 2.75) is 63.7 Å². The van der Waals surface area contributed by atoms with E-state index in [1.807, 2.05) is 24.4 Å². The van der Waals surface area contributed by atoms with Crippen molar-refractivity contribution in [3.05, 3.63) is 48.5 Å². The summed E-state index contributed by atoms with van der Waals surface area (Å²) in [7, 11) is 0. The number of pyridine rings is 2. The predicted molar refractivity (Wildman–Crippen MR) is 137 cm³/mol. The molecule has 0 unspecified atom stereocenters. The fourth-order valence-corrected chi connectivity index (χ4v) is 5.10. The molecule has 0 amide bonds. The highest BCUT2D eigenvalue weighted by atomic mass is 16.5. The summed E-state index contributed by atoms with van der Waals surface area (Å²) in [6.07, 6.45) is 10.3. The van der Waals surface area contributed by atoms with Crippen LogP contribution >= 0.6 is 0 Å². The Balaban J connectivity index is 1.24. The number of nitrogens with one attached hydrogen (secondary N) is 1. The van der Waals surface area contributed by atoms with Gasteiger partial charge >= 0.3 is 0 Å². The minimum Gasteiger partial charge on any atom is -0.450 e. The number of hydrogen-bond acceptors (Lipinski definition) is 8. The zero-order valence-corrected chi connectivity index (χ0v) is 21.0. The van der Waals surface area contributed by atoms with E-state index in [-0.39, 0.29) is 12.2 Å². The van der Waals surface area contributed by atoms with E-state index in [9.17, 15) is 0 Å². The van der Waals surface area contributed by atoms with Gasteiger partial charge in [0.05, 0.1) is 24.4 Å². The third kappa shape index (κ3) is 5.17. The highest BCUT2D eigenvalue weighted by Gasteiger charge is 2.30. The molecular formula is C27H34N6O3. The quantitative estimate of drug-likeness (QED) is 0.492. The molecule has 9 heteroatoms. The van der Waals surface area contributed by atoms with Crippen molar-refractivity contribution in [3.8, 4) is 11.5 Å². The van der Waals surface area contributed by atoms with E-state index >= 15 is 0 Å². The van der Waals surface area contributed by atoms with Crippen LogP contribution in [0.2, 0.25) is 0 Å². The molecule has 2 atom stereocenters. The molecule has 3 aliphatic rings. The van der Waals surface area contributed by atoms with Gasteiger partial charge in [-0.2, -0.15) is 5.10 Å². The minimum atomic E-state index is 0.171. The molecule has 2 saturated heterocycles. The Hall–Kier alpha value is -3.17. The van der Waals surface area contributed by atoms with Gasteiger partial charge in [0.25, 0.3) is 0 Å². The van der Waals surface area contributed by atoms with Crippen LogP contribution in [0.4, 0.5) is 17.3 Å². The van der Waals surface area contributed by atoms with Crippen LogP contribution in [0, 0.1) is 0 Å². The molecule has 1 aliphatic carbocycles. The van der Waals surface area contributed by atoms with Crippen LogP contribution in [0.25, 0.3) is 0 Å². The zero-order chi connectivity index (χ0) is 24.5. The van der Waals surface area contributed by atoms with Gasteiger partial charge in [0.15, 0.2) is 17.3 Å². The van der Waals surface area contributed by atoms with Gasteiger partial charge in [0.1, 0.15) is 11.5 Å².